The lowest BCUT2D eigenvalue weighted by molar-refractivity contribution is -0.131. The molecule has 0 fully saturated rings. The zero-order valence-corrected chi connectivity index (χ0v) is 27.2. The van der Waals surface area contributed by atoms with Crippen LogP contribution in [0.5, 0.6) is 28.7 Å². The van der Waals surface area contributed by atoms with E-state index in [2.05, 4.69) is 0 Å². The van der Waals surface area contributed by atoms with E-state index < -0.39 is 5.97 Å². The van der Waals surface area contributed by atoms with Crippen LogP contribution < -0.4 is 14.2 Å². The largest absolute Gasteiger partial charge is 0.451 e. The maximum Gasteiger partial charge on any atom is 0.308 e. The highest BCUT2D eigenvalue weighted by molar-refractivity contribution is 6.36. The summed E-state index contributed by atoms with van der Waals surface area (Å²) in [6.45, 7) is 1.32. The van der Waals surface area contributed by atoms with E-state index in [1.54, 1.807) is 42.5 Å². The number of halogens is 5. The molecule has 9 heteroatoms. The second-order valence-corrected chi connectivity index (χ2v) is 12.0. The first-order valence-electron chi connectivity index (χ1n) is 13.6. The van der Waals surface area contributed by atoms with Crippen LogP contribution in [0.1, 0.15) is 6.92 Å². The minimum absolute atomic E-state index is 0.167. The third-order valence-electron chi connectivity index (χ3n) is 6.87. The standard InChI is InChI=1S/C36H21Cl5O4/c1-20(42)43-34-26(39)15-14-25-31(21-8-4-2-5-9-21)35(44-29-16-12-23(37)18-27(29)40)36(45-30-17-13-24(38)19-28(30)41)32(33(25)34)22-10-6-3-7-11-22/h2-19H,1H3. The Morgan fingerprint density at radius 1 is 0.533 bits per heavy atom. The van der Waals surface area contributed by atoms with Gasteiger partial charge in [-0.05, 0) is 59.0 Å². The van der Waals surface area contributed by atoms with Crippen LogP contribution >= 0.6 is 58.0 Å². The van der Waals surface area contributed by atoms with Crippen LogP contribution in [-0.4, -0.2) is 5.97 Å². The van der Waals surface area contributed by atoms with Crippen molar-refractivity contribution in [2.45, 2.75) is 6.92 Å². The fraction of sp³-hybridized carbons (Fsp3) is 0.0278. The number of carbonyl (C=O) groups excluding carboxylic acids is 1. The zero-order chi connectivity index (χ0) is 31.7. The van der Waals surface area contributed by atoms with Crippen LogP contribution in [0.25, 0.3) is 33.0 Å². The fourth-order valence-corrected chi connectivity index (χ4v) is 6.11. The summed E-state index contributed by atoms with van der Waals surface area (Å²) in [4.78, 5) is 12.4. The summed E-state index contributed by atoms with van der Waals surface area (Å²) in [5.74, 6) is 0.844. The van der Waals surface area contributed by atoms with Gasteiger partial charge in [0.15, 0.2) is 17.2 Å². The van der Waals surface area contributed by atoms with Gasteiger partial charge in [-0.1, -0.05) is 125 Å². The van der Waals surface area contributed by atoms with Gasteiger partial charge < -0.3 is 14.2 Å². The molecule has 0 aromatic heterocycles. The average molecular weight is 695 g/mol. The Bertz CT molecular complexity index is 2070. The quantitative estimate of drug-likeness (QED) is 0.123. The van der Waals surface area contributed by atoms with Crippen LogP contribution in [0.15, 0.2) is 109 Å². The summed E-state index contributed by atoms with van der Waals surface area (Å²) >= 11 is 32.5. The lowest BCUT2D eigenvalue weighted by Crippen LogP contribution is -2.05. The molecule has 224 valence electrons. The van der Waals surface area contributed by atoms with Crippen molar-refractivity contribution in [2.24, 2.45) is 0 Å². The number of ether oxygens (including phenoxy) is 3. The molecule has 0 saturated heterocycles. The van der Waals surface area contributed by atoms with E-state index >= 15 is 0 Å². The van der Waals surface area contributed by atoms with Crippen molar-refractivity contribution in [3.8, 4) is 51.0 Å². The van der Waals surface area contributed by atoms with Crippen molar-refractivity contribution in [1.82, 2.24) is 0 Å². The molecule has 0 atom stereocenters. The lowest BCUT2D eigenvalue weighted by atomic mass is 9.89. The Morgan fingerprint density at radius 3 is 1.51 bits per heavy atom. The molecular weight excluding hydrogens is 674 g/mol. The number of carbonyl (C=O) groups is 1. The van der Waals surface area contributed by atoms with Gasteiger partial charge in [0.1, 0.15) is 11.5 Å². The average Bonchev–Trinajstić information content (AvgIpc) is 3.02. The maximum absolute atomic E-state index is 12.4. The van der Waals surface area contributed by atoms with Crippen LogP contribution in [0.4, 0.5) is 0 Å². The van der Waals surface area contributed by atoms with Gasteiger partial charge in [0, 0.05) is 33.5 Å². The molecule has 6 aromatic rings. The van der Waals surface area contributed by atoms with E-state index in [-0.39, 0.29) is 26.6 Å². The van der Waals surface area contributed by atoms with Gasteiger partial charge >= 0.3 is 5.97 Å². The Morgan fingerprint density at radius 2 is 1.02 bits per heavy atom. The predicted molar refractivity (Wildman–Crippen MR) is 184 cm³/mol. The number of benzene rings is 6. The molecule has 6 aromatic carbocycles. The molecule has 0 aliphatic rings. The molecule has 4 nitrogen and oxygen atoms in total. The Kier molecular flexibility index (Phi) is 9.14. The molecule has 0 bridgehead atoms. The second-order valence-electron chi connectivity index (χ2n) is 9.89. The second kappa shape index (κ2) is 13.2. The smallest absolute Gasteiger partial charge is 0.308 e. The third kappa shape index (κ3) is 6.44. The third-order valence-corrected chi connectivity index (χ3v) is 8.23. The van der Waals surface area contributed by atoms with E-state index in [4.69, 9.17) is 72.2 Å². The first-order chi connectivity index (χ1) is 21.7. The number of hydrogen-bond acceptors (Lipinski definition) is 4. The van der Waals surface area contributed by atoms with E-state index in [1.807, 2.05) is 66.7 Å². The van der Waals surface area contributed by atoms with Crippen molar-refractivity contribution in [1.29, 1.82) is 0 Å². The van der Waals surface area contributed by atoms with Crippen LogP contribution in [0.3, 0.4) is 0 Å². The summed E-state index contributed by atoms with van der Waals surface area (Å²) in [5, 5.41) is 2.88. The van der Waals surface area contributed by atoms with Crippen molar-refractivity contribution in [3.63, 3.8) is 0 Å². The first-order valence-corrected chi connectivity index (χ1v) is 15.5. The number of rotatable bonds is 7. The predicted octanol–water partition coefficient (Wildman–Crippen LogP) is 13.0. The maximum atomic E-state index is 12.4. The van der Waals surface area contributed by atoms with Crippen LogP contribution in [-0.2, 0) is 4.79 Å². The summed E-state index contributed by atoms with van der Waals surface area (Å²) in [5.41, 5.74) is 2.67. The van der Waals surface area contributed by atoms with E-state index in [0.717, 1.165) is 11.1 Å². The molecule has 0 amide bonds. The summed E-state index contributed by atoms with van der Waals surface area (Å²) in [7, 11) is 0. The monoisotopic (exact) mass is 692 g/mol. The van der Waals surface area contributed by atoms with E-state index in [9.17, 15) is 4.79 Å². The highest BCUT2D eigenvalue weighted by Gasteiger charge is 2.29. The van der Waals surface area contributed by atoms with Gasteiger partial charge in [0.05, 0.1) is 15.1 Å². The highest BCUT2D eigenvalue weighted by atomic mass is 35.5. The van der Waals surface area contributed by atoms with Gasteiger partial charge in [-0.15, -0.1) is 0 Å². The van der Waals surface area contributed by atoms with Crippen LogP contribution in [0.2, 0.25) is 25.1 Å². The van der Waals surface area contributed by atoms with Crippen molar-refractivity contribution >= 4 is 74.7 Å². The van der Waals surface area contributed by atoms with Gasteiger partial charge in [-0.3, -0.25) is 4.79 Å². The minimum atomic E-state index is -0.541. The molecule has 0 N–H and O–H groups in total. The van der Waals surface area contributed by atoms with Crippen LogP contribution in [0, 0.1) is 0 Å². The zero-order valence-electron chi connectivity index (χ0n) is 23.4. The van der Waals surface area contributed by atoms with Gasteiger partial charge in [0.25, 0.3) is 0 Å². The molecule has 6 rings (SSSR count). The first kappa shape index (κ1) is 31.1. The van der Waals surface area contributed by atoms with Gasteiger partial charge in [-0.2, -0.15) is 0 Å². The molecule has 45 heavy (non-hydrogen) atoms. The lowest BCUT2D eigenvalue weighted by Gasteiger charge is -2.25. The molecular formula is C36H21Cl5O4. The summed E-state index contributed by atoms with van der Waals surface area (Å²) < 4.78 is 19.2. The van der Waals surface area contributed by atoms with Gasteiger partial charge in [-0.25, -0.2) is 0 Å². The molecule has 0 aliphatic heterocycles. The van der Waals surface area contributed by atoms with Crippen molar-refractivity contribution < 1.29 is 19.0 Å². The van der Waals surface area contributed by atoms with E-state index in [0.29, 0.717) is 49.2 Å². The highest BCUT2D eigenvalue weighted by Crippen LogP contribution is 2.57. The number of esters is 1. The summed E-state index contributed by atoms with van der Waals surface area (Å²) in [6, 6.07) is 32.5. The molecule has 0 heterocycles. The number of fused-ring (bicyclic) bond motifs is 1. The fourth-order valence-electron chi connectivity index (χ4n) is 5.02. The Labute approximate surface area is 284 Å². The molecule has 0 spiro atoms. The normalized spacial score (nSPS) is 11.0. The topological polar surface area (TPSA) is 44.8 Å². The Balaban J connectivity index is 1.83. The molecule has 0 radical (unpaired) electrons. The van der Waals surface area contributed by atoms with Crippen molar-refractivity contribution in [2.75, 3.05) is 0 Å². The van der Waals surface area contributed by atoms with Gasteiger partial charge in [0.2, 0.25) is 0 Å². The SMILES string of the molecule is CC(=O)Oc1c(Cl)ccc2c(-c3ccccc3)c(Oc3ccc(Cl)cc3Cl)c(Oc3ccc(Cl)cc3Cl)c(-c3ccccc3)c12. The Hall–Kier alpha value is -3.90. The van der Waals surface area contributed by atoms with Crippen molar-refractivity contribution in [3.05, 3.63) is 134 Å². The number of hydrogen-bond donors (Lipinski definition) is 0. The molecule has 0 unspecified atom stereocenters. The molecule has 0 saturated carbocycles. The minimum Gasteiger partial charge on any atom is -0.451 e. The molecule has 0 aliphatic carbocycles. The van der Waals surface area contributed by atoms with E-state index in [1.165, 1.54) is 6.92 Å². The summed E-state index contributed by atoms with van der Waals surface area (Å²) in [6.07, 6.45) is 0.